The molecule has 0 atom stereocenters. The van der Waals surface area contributed by atoms with Gasteiger partial charge in [-0.1, -0.05) is 0 Å². The summed E-state index contributed by atoms with van der Waals surface area (Å²) in [6.45, 7) is -0.221. The Morgan fingerprint density at radius 3 is 2.65 bits per heavy atom. The number of ether oxygens (including phenoxy) is 1. The number of hydrogen-bond donors (Lipinski definition) is 1. The van der Waals surface area contributed by atoms with Crippen molar-refractivity contribution in [2.75, 3.05) is 5.32 Å². The van der Waals surface area contributed by atoms with Gasteiger partial charge in [-0.05, 0) is 29.8 Å². The van der Waals surface area contributed by atoms with E-state index >= 15 is 0 Å². The molecule has 0 aliphatic rings. The fourth-order valence-corrected chi connectivity index (χ4v) is 3.09. The number of nitrogens with zero attached hydrogens (tertiary/aromatic N) is 6. The van der Waals surface area contributed by atoms with Gasteiger partial charge >= 0.3 is 5.69 Å². The minimum Gasteiger partial charge on any atom is -0.485 e. The number of carbonyl (C=O) groups excluding carboxylic acids is 1. The molecule has 0 bridgehead atoms. The second-order valence-corrected chi connectivity index (χ2v) is 6.80. The minimum absolute atomic E-state index is 0.188. The van der Waals surface area contributed by atoms with E-state index in [1.54, 1.807) is 31.6 Å². The first-order valence-electron chi connectivity index (χ1n) is 9.33. The first-order valence-corrected chi connectivity index (χ1v) is 9.33. The van der Waals surface area contributed by atoms with Gasteiger partial charge in [0.2, 0.25) is 5.91 Å². The van der Waals surface area contributed by atoms with E-state index in [9.17, 15) is 14.4 Å². The highest BCUT2D eigenvalue weighted by Gasteiger charge is 2.18. The number of nitrogens with one attached hydrogen (secondary N) is 1. The number of anilines is 1. The third kappa shape index (κ3) is 3.92. The molecule has 4 aromatic heterocycles. The molecule has 158 valence electrons. The molecule has 0 spiro atoms. The fraction of sp³-hybridized carbons (Fsp3) is 0.200. The Hall–Kier alpha value is -4.28. The summed E-state index contributed by atoms with van der Waals surface area (Å²) >= 11 is 0. The van der Waals surface area contributed by atoms with E-state index < -0.39 is 23.7 Å². The van der Waals surface area contributed by atoms with Crippen LogP contribution in [0.5, 0.6) is 5.75 Å². The van der Waals surface area contributed by atoms with E-state index in [0.29, 0.717) is 5.75 Å². The van der Waals surface area contributed by atoms with Gasteiger partial charge in [-0.2, -0.15) is 0 Å². The Morgan fingerprint density at radius 1 is 1.10 bits per heavy atom. The molecule has 11 nitrogen and oxygen atoms in total. The van der Waals surface area contributed by atoms with Crippen LogP contribution in [0.2, 0.25) is 0 Å². The first-order chi connectivity index (χ1) is 15.0. The lowest BCUT2D eigenvalue weighted by Gasteiger charge is -2.12. The number of fused-ring (bicyclic) bond motifs is 1. The van der Waals surface area contributed by atoms with Crippen molar-refractivity contribution in [2.45, 2.75) is 13.2 Å². The lowest BCUT2D eigenvalue weighted by molar-refractivity contribution is -0.116. The van der Waals surface area contributed by atoms with Crippen LogP contribution in [0.3, 0.4) is 0 Å². The van der Waals surface area contributed by atoms with Crippen LogP contribution in [-0.4, -0.2) is 34.6 Å². The summed E-state index contributed by atoms with van der Waals surface area (Å²) in [6, 6.07) is 6.96. The third-order valence-corrected chi connectivity index (χ3v) is 4.67. The van der Waals surface area contributed by atoms with Crippen LogP contribution in [-0.2, 0) is 32.0 Å². The second-order valence-electron chi connectivity index (χ2n) is 6.80. The molecule has 0 fully saturated rings. The van der Waals surface area contributed by atoms with E-state index in [1.807, 2.05) is 12.1 Å². The average Bonchev–Trinajstić information content (AvgIpc) is 3.17. The van der Waals surface area contributed by atoms with E-state index in [1.165, 1.54) is 28.7 Å². The van der Waals surface area contributed by atoms with Gasteiger partial charge in [0.15, 0.2) is 22.7 Å². The van der Waals surface area contributed by atoms with Crippen molar-refractivity contribution < 1.29 is 9.53 Å². The zero-order valence-electron chi connectivity index (χ0n) is 16.8. The quantitative estimate of drug-likeness (QED) is 0.479. The summed E-state index contributed by atoms with van der Waals surface area (Å²) in [4.78, 5) is 50.1. The number of aromatic nitrogens is 6. The normalized spacial score (nSPS) is 10.9. The average molecular weight is 421 g/mol. The molecule has 11 heteroatoms. The monoisotopic (exact) mass is 421 g/mol. The maximum atomic E-state index is 12.8. The molecule has 4 heterocycles. The predicted octanol–water partition coefficient (Wildman–Crippen LogP) is 0.441. The minimum atomic E-state index is -0.637. The van der Waals surface area contributed by atoms with Crippen LogP contribution >= 0.6 is 0 Å². The Kier molecular flexibility index (Phi) is 5.31. The topological polar surface area (TPSA) is 126 Å². The second kappa shape index (κ2) is 8.22. The van der Waals surface area contributed by atoms with Gasteiger partial charge in [0.1, 0.15) is 13.2 Å². The molecule has 4 aromatic rings. The number of aryl methyl sites for hydroxylation is 2. The van der Waals surface area contributed by atoms with Crippen LogP contribution in [0.15, 0.2) is 58.8 Å². The maximum absolute atomic E-state index is 12.8. The van der Waals surface area contributed by atoms with Gasteiger partial charge in [0.05, 0.1) is 6.33 Å². The number of carbonyl (C=O) groups is 1. The molecule has 1 N–H and O–H groups in total. The molecule has 0 aromatic carbocycles. The summed E-state index contributed by atoms with van der Waals surface area (Å²) in [5.41, 5.74) is 0.153. The molecule has 0 saturated heterocycles. The molecule has 1 amide bonds. The fourth-order valence-electron chi connectivity index (χ4n) is 3.09. The highest BCUT2D eigenvalue weighted by molar-refractivity contribution is 5.91. The number of hydrogen-bond acceptors (Lipinski definition) is 7. The van der Waals surface area contributed by atoms with E-state index in [0.717, 1.165) is 10.1 Å². The number of imidazole rings is 1. The molecular weight excluding hydrogens is 402 g/mol. The van der Waals surface area contributed by atoms with Crippen LogP contribution < -0.4 is 21.3 Å². The lowest BCUT2D eigenvalue weighted by atomic mass is 10.3. The summed E-state index contributed by atoms with van der Waals surface area (Å²) in [5.74, 6) is -0.0452. The Labute approximate surface area is 175 Å². The standard InChI is InChI=1S/C20H19N7O4/c1-25-12-23-18-16(25)19(29)27(20(30)26(18)2)10-15(28)24-17-14(4-3-7-22-17)31-11-13-5-8-21-9-6-13/h3-9,12H,10-11H2,1-2H3,(H,22,24,28). The van der Waals surface area contributed by atoms with Gasteiger partial charge in [0, 0.05) is 32.7 Å². The zero-order valence-corrected chi connectivity index (χ0v) is 16.8. The predicted molar refractivity (Wildman–Crippen MR) is 112 cm³/mol. The van der Waals surface area contributed by atoms with Crippen molar-refractivity contribution in [3.8, 4) is 5.75 Å². The van der Waals surface area contributed by atoms with Crippen molar-refractivity contribution in [1.82, 2.24) is 28.7 Å². The van der Waals surface area contributed by atoms with Crippen molar-refractivity contribution >= 4 is 22.9 Å². The first kappa shape index (κ1) is 20.0. The van der Waals surface area contributed by atoms with Crippen molar-refractivity contribution in [3.63, 3.8) is 0 Å². The van der Waals surface area contributed by atoms with Crippen LogP contribution in [0.4, 0.5) is 5.82 Å². The Morgan fingerprint density at radius 2 is 1.87 bits per heavy atom. The summed E-state index contributed by atoms with van der Waals surface area (Å²) in [5, 5.41) is 2.61. The highest BCUT2D eigenvalue weighted by Crippen LogP contribution is 2.22. The number of pyridine rings is 2. The number of rotatable bonds is 6. The molecule has 4 rings (SSSR count). The Balaban J connectivity index is 1.56. The Bertz CT molecular complexity index is 1370. The molecular formula is C20H19N7O4. The van der Waals surface area contributed by atoms with Crippen LogP contribution in [0.25, 0.3) is 11.2 Å². The van der Waals surface area contributed by atoms with E-state index in [2.05, 4.69) is 20.3 Å². The van der Waals surface area contributed by atoms with Crippen LogP contribution in [0.1, 0.15) is 5.56 Å². The van der Waals surface area contributed by atoms with Gasteiger partial charge in [-0.25, -0.2) is 19.3 Å². The summed E-state index contributed by atoms with van der Waals surface area (Å²) < 4.78 is 9.35. The van der Waals surface area contributed by atoms with Gasteiger partial charge in [0.25, 0.3) is 5.56 Å². The zero-order chi connectivity index (χ0) is 22.0. The lowest BCUT2D eigenvalue weighted by Crippen LogP contribution is -2.42. The largest absolute Gasteiger partial charge is 0.485 e. The van der Waals surface area contributed by atoms with Crippen molar-refractivity contribution in [1.29, 1.82) is 0 Å². The molecule has 31 heavy (non-hydrogen) atoms. The number of amides is 1. The van der Waals surface area contributed by atoms with Crippen molar-refractivity contribution in [2.24, 2.45) is 14.1 Å². The van der Waals surface area contributed by atoms with Crippen molar-refractivity contribution in [3.05, 3.63) is 75.6 Å². The third-order valence-electron chi connectivity index (χ3n) is 4.67. The van der Waals surface area contributed by atoms with E-state index in [-0.39, 0.29) is 23.6 Å². The smallest absolute Gasteiger partial charge is 0.332 e. The van der Waals surface area contributed by atoms with Crippen LogP contribution in [0, 0.1) is 0 Å². The molecule has 0 unspecified atom stereocenters. The van der Waals surface area contributed by atoms with Gasteiger partial charge < -0.3 is 14.6 Å². The molecule has 0 radical (unpaired) electrons. The SMILES string of the molecule is Cn1cnc2c1c(=O)n(CC(=O)Nc1ncccc1OCc1ccncc1)c(=O)n2C. The summed E-state index contributed by atoms with van der Waals surface area (Å²) in [6.07, 6.45) is 6.25. The van der Waals surface area contributed by atoms with Gasteiger partial charge in [-0.15, -0.1) is 0 Å². The molecule has 0 aliphatic carbocycles. The van der Waals surface area contributed by atoms with Gasteiger partial charge in [-0.3, -0.25) is 19.1 Å². The molecule has 0 saturated carbocycles. The molecule has 0 aliphatic heterocycles. The summed E-state index contributed by atoms with van der Waals surface area (Å²) in [7, 11) is 3.14. The maximum Gasteiger partial charge on any atom is 0.332 e. The van der Waals surface area contributed by atoms with E-state index in [4.69, 9.17) is 4.74 Å². The highest BCUT2D eigenvalue weighted by atomic mass is 16.5.